The Morgan fingerprint density at radius 2 is 2.62 bits per heavy atom. The van der Waals surface area contributed by atoms with Crippen molar-refractivity contribution in [1.29, 1.82) is 0 Å². The molecular weight excluding hydrogens is 110 g/mol. The molecule has 0 unspecified atom stereocenters. The summed E-state index contributed by atoms with van der Waals surface area (Å²) in [6.45, 7) is -0.181. The van der Waals surface area contributed by atoms with Gasteiger partial charge < -0.3 is 10.4 Å². The molecule has 1 aromatic rings. The van der Waals surface area contributed by atoms with E-state index in [1.807, 2.05) is 0 Å². The molecule has 0 saturated heterocycles. The highest BCUT2D eigenvalue weighted by atomic mass is 16.3. The normalized spacial score (nSPS) is 9.12. The zero-order valence-corrected chi connectivity index (χ0v) is 4.00. The number of anilines is 1. The Hall–Kier alpha value is -1.17. The maximum Gasteiger partial charge on any atom is 0.264 e. The van der Waals surface area contributed by atoms with Crippen molar-refractivity contribution < 1.29 is 5.11 Å². The van der Waals surface area contributed by atoms with Gasteiger partial charge in [0, 0.05) is 0 Å². The maximum absolute atomic E-state index is 8.21. The molecule has 3 N–H and O–H groups in total. The second kappa shape index (κ2) is 2.22. The van der Waals surface area contributed by atoms with E-state index in [9.17, 15) is 0 Å². The third-order valence-electron chi connectivity index (χ3n) is 0.583. The van der Waals surface area contributed by atoms with Crippen LogP contribution in [0.15, 0.2) is 0 Å². The molecule has 8 heavy (non-hydrogen) atoms. The van der Waals surface area contributed by atoms with Gasteiger partial charge in [0.05, 0.1) is 0 Å². The fourth-order valence-corrected chi connectivity index (χ4v) is 0.307. The number of hydrogen-bond acceptors (Lipinski definition) is 5. The molecule has 1 aromatic heterocycles. The van der Waals surface area contributed by atoms with E-state index < -0.39 is 0 Å². The molecule has 0 spiro atoms. The molecular formula is C2H5N5O. The lowest BCUT2D eigenvalue weighted by Crippen LogP contribution is -2.00. The van der Waals surface area contributed by atoms with Crippen LogP contribution >= 0.6 is 0 Å². The lowest BCUT2D eigenvalue weighted by molar-refractivity contribution is 0.324. The van der Waals surface area contributed by atoms with E-state index in [-0.39, 0.29) is 6.73 Å². The fraction of sp³-hybridized carbons (Fsp3) is 0.500. The van der Waals surface area contributed by atoms with Crippen LogP contribution in [0.4, 0.5) is 5.95 Å². The SMILES string of the molecule is OCNc1nn[nH]n1. The van der Waals surface area contributed by atoms with E-state index in [4.69, 9.17) is 5.11 Å². The summed E-state index contributed by atoms with van der Waals surface area (Å²) in [5, 5.41) is 23.0. The fourth-order valence-electron chi connectivity index (χ4n) is 0.307. The Bertz CT molecular complexity index is 136. The van der Waals surface area contributed by atoms with Crippen molar-refractivity contribution in [3.8, 4) is 0 Å². The molecule has 0 atom stereocenters. The first-order valence-electron chi connectivity index (χ1n) is 2.01. The van der Waals surface area contributed by atoms with Crippen molar-refractivity contribution in [3.63, 3.8) is 0 Å². The number of aromatic nitrogens is 4. The van der Waals surface area contributed by atoms with Gasteiger partial charge in [-0.25, -0.2) is 0 Å². The predicted octanol–water partition coefficient (Wildman–Crippen LogP) is -1.44. The van der Waals surface area contributed by atoms with Gasteiger partial charge in [-0.3, -0.25) is 0 Å². The van der Waals surface area contributed by atoms with Crippen molar-refractivity contribution in [2.45, 2.75) is 0 Å². The quantitative estimate of drug-likeness (QED) is 0.411. The van der Waals surface area contributed by atoms with Crippen LogP contribution in [0.25, 0.3) is 0 Å². The number of aliphatic hydroxyl groups excluding tert-OH is 1. The zero-order valence-electron chi connectivity index (χ0n) is 4.00. The van der Waals surface area contributed by atoms with E-state index in [1.54, 1.807) is 0 Å². The lowest BCUT2D eigenvalue weighted by atomic mass is 11.0. The molecule has 44 valence electrons. The topological polar surface area (TPSA) is 86.7 Å². The Kier molecular flexibility index (Phi) is 1.38. The third kappa shape index (κ3) is 0.909. The molecule has 0 saturated carbocycles. The molecule has 0 bridgehead atoms. The monoisotopic (exact) mass is 115 g/mol. The van der Waals surface area contributed by atoms with Crippen LogP contribution in [-0.2, 0) is 0 Å². The van der Waals surface area contributed by atoms with Gasteiger partial charge in [-0.15, -0.1) is 5.10 Å². The Morgan fingerprint density at radius 1 is 1.75 bits per heavy atom. The molecule has 0 amide bonds. The maximum atomic E-state index is 8.21. The van der Waals surface area contributed by atoms with Crippen LogP contribution in [0.5, 0.6) is 0 Å². The molecule has 0 aliphatic rings. The van der Waals surface area contributed by atoms with E-state index in [2.05, 4.69) is 25.9 Å². The number of nitrogens with one attached hydrogen (secondary N) is 2. The number of hydrogen-bond donors (Lipinski definition) is 3. The Balaban J connectivity index is 2.50. The standard InChI is InChI=1S/C2H5N5O/c8-1-3-2-4-6-7-5-2/h8H,1H2,(H2,3,4,5,6,7). The highest BCUT2D eigenvalue weighted by molar-refractivity contribution is 5.16. The van der Waals surface area contributed by atoms with Gasteiger partial charge in [0.1, 0.15) is 6.73 Å². The molecule has 0 radical (unpaired) electrons. The first-order valence-corrected chi connectivity index (χ1v) is 2.01. The van der Waals surface area contributed by atoms with E-state index in [1.165, 1.54) is 0 Å². The minimum Gasteiger partial charge on any atom is -0.376 e. The minimum atomic E-state index is -0.181. The summed E-state index contributed by atoms with van der Waals surface area (Å²) in [6, 6.07) is 0. The molecule has 0 aromatic carbocycles. The zero-order chi connectivity index (χ0) is 5.82. The van der Waals surface area contributed by atoms with Crippen molar-refractivity contribution in [3.05, 3.63) is 0 Å². The summed E-state index contributed by atoms with van der Waals surface area (Å²) in [5.74, 6) is 0.299. The van der Waals surface area contributed by atoms with E-state index in [0.29, 0.717) is 5.95 Å². The number of nitrogens with zero attached hydrogens (tertiary/aromatic N) is 3. The van der Waals surface area contributed by atoms with Crippen LogP contribution in [0.3, 0.4) is 0 Å². The number of H-pyrrole nitrogens is 1. The van der Waals surface area contributed by atoms with E-state index in [0.717, 1.165) is 0 Å². The molecule has 6 nitrogen and oxygen atoms in total. The first-order chi connectivity index (χ1) is 3.93. The Morgan fingerprint density at radius 3 is 3.12 bits per heavy atom. The summed E-state index contributed by atoms with van der Waals surface area (Å²) in [4.78, 5) is 0. The molecule has 6 heteroatoms. The predicted molar refractivity (Wildman–Crippen MR) is 24.9 cm³/mol. The largest absolute Gasteiger partial charge is 0.376 e. The number of aliphatic hydroxyl groups is 1. The number of rotatable bonds is 2. The van der Waals surface area contributed by atoms with E-state index >= 15 is 0 Å². The summed E-state index contributed by atoms with van der Waals surface area (Å²) >= 11 is 0. The van der Waals surface area contributed by atoms with Crippen LogP contribution in [0.1, 0.15) is 0 Å². The van der Waals surface area contributed by atoms with Crippen LogP contribution in [0, 0.1) is 0 Å². The highest BCUT2D eigenvalue weighted by Gasteiger charge is 1.89. The van der Waals surface area contributed by atoms with Gasteiger partial charge >= 0.3 is 0 Å². The minimum absolute atomic E-state index is 0.181. The lowest BCUT2D eigenvalue weighted by Gasteiger charge is -1.88. The third-order valence-corrected chi connectivity index (χ3v) is 0.583. The van der Waals surface area contributed by atoms with Gasteiger partial charge in [0.2, 0.25) is 0 Å². The summed E-state index contributed by atoms with van der Waals surface area (Å²) in [6.07, 6.45) is 0. The van der Waals surface area contributed by atoms with Crippen molar-refractivity contribution in [2.24, 2.45) is 0 Å². The molecule has 1 rings (SSSR count). The first kappa shape index (κ1) is 4.98. The van der Waals surface area contributed by atoms with Crippen LogP contribution in [0.2, 0.25) is 0 Å². The summed E-state index contributed by atoms with van der Waals surface area (Å²) in [5.41, 5.74) is 0. The molecule has 0 aliphatic carbocycles. The van der Waals surface area contributed by atoms with Gasteiger partial charge in [-0.1, -0.05) is 5.10 Å². The summed E-state index contributed by atoms with van der Waals surface area (Å²) < 4.78 is 0. The van der Waals surface area contributed by atoms with Crippen LogP contribution in [-0.4, -0.2) is 32.5 Å². The van der Waals surface area contributed by atoms with Crippen molar-refractivity contribution in [1.82, 2.24) is 20.6 Å². The second-order valence-corrected chi connectivity index (χ2v) is 1.07. The second-order valence-electron chi connectivity index (χ2n) is 1.07. The highest BCUT2D eigenvalue weighted by Crippen LogP contribution is 1.84. The smallest absolute Gasteiger partial charge is 0.264 e. The van der Waals surface area contributed by atoms with Crippen LogP contribution < -0.4 is 5.32 Å². The number of aromatic amines is 1. The van der Waals surface area contributed by atoms with Gasteiger partial charge in [-0.2, -0.15) is 5.21 Å². The van der Waals surface area contributed by atoms with Crippen molar-refractivity contribution in [2.75, 3.05) is 12.0 Å². The number of tetrazole rings is 1. The summed E-state index contributed by atoms with van der Waals surface area (Å²) in [7, 11) is 0. The average molecular weight is 115 g/mol. The molecule has 0 fully saturated rings. The Labute approximate surface area is 44.9 Å². The average Bonchev–Trinajstić information content (AvgIpc) is 2.19. The van der Waals surface area contributed by atoms with Gasteiger partial charge in [0.25, 0.3) is 5.95 Å². The molecule has 0 aliphatic heterocycles. The van der Waals surface area contributed by atoms with Gasteiger partial charge in [-0.05, 0) is 5.21 Å². The van der Waals surface area contributed by atoms with Crippen molar-refractivity contribution >= 4 is 5.95 Å². The van der Waals surface area contributed by atoms with Gasteiger partial charge in [0.15, 0.2) is 0 Å². The molecule has 1 heterocycles.